The molecule has 0 amide bonds. The van der Waals surface area contributed by atoms with E-state index in [0.717, 1.165) is 4.87 Å². The van der Waals surface area contributed by atoms with E-state index >= 15 is 0 Å². The van der Waals surface area contributed by atoms with Crippen LogP contribution in [0.4, 0.5) is 0 Å². The Morgan fingerprint density at radius 3 is 1.92 bits per heavy atom. The molecule has 0 aromatic rings. The van der Waals surface area contributed by atoms with Gasteiger partial charge in [-0.05, 0) is 5.41 Å². The monoisotopic (exact) mass is 202 g/mol. The molecule has 0 bridgehead atoms. The zero-order valence-electron chi connectivity index (χ0n) is 8.89. The summed E-state index contributed by atoms with van der Waals surface area (Å²) in [5.41, 5.74) is 0. The van der Waals surface area contributed by atoms with Gasteiger partial charge in [-0.1, -0.05) is 52.4 Å². The van der Waals surface area contributed by atoms with Crippen molar-refractivity contribution in [1.82, 2.24) is 0 Å². The molecule has 12 heavy (non-hydrogen) atoms. The third kappa shape index (κ3) is 2.66. The van der Waals surface area contributed by atoms with Gasteiger partial charge in [0.1, 0.15) is 0 Å². The highest BCUT2D eigenvalue weighted by Gasteiger charge is 2.32. The Kier molecular flexibility index (Phi) is 6.02. The predicted molar refractivity (Wildman–Crippen MR) is 64.4 cm³/mol. The summed E-state index contributed by atoms with van der Waals surface area (Å²) < 4.78 is 0. The molecule has 0 rings (SSSR count). The highest BCUT2D eigenvalue weighted by molar-refractivity contribution is 8.04. The zero-order chi connectivity index (χ0) is 9.61. The number of hydrogen-bond donors (Lipinski definition) is 0. The highest BCUT2D eigenvalue weighted by Crippen LogP contribution is 2.32. The van der Waals surface area contributed by atoms with Crippen LogP contribution in [0.2, 0.25) is 18.1 Å². The second-order valence-electron chi connectivity index (χ2n) is 3.37. The Hall–Kier alpha value is 0.307. The molecule has 0 saturated carbocycles. The van der Waals surface area contributed by atoms with E-state index in [1.54, 1.807) is 0 Å². The van der Waals surface area contributed by atoms with Crippen molar-refractivity contribution in [3.63, 3.8) is 0 Å². The fourth-order valence-electron chi connectivity index (χ4n) is 1.90. The molecule has 0 heterocycles. The molecule has 0 nitrogen and oxygen atoms in total. The van der Waals surface area contributed by atoms with Gasteiger partial charge < -0.3 is 0 Å². The minimum absolute atomic E-state index is 0.843. The van der Waals surface area contributed by atoms with E-state index in [0.29, 0.717) is 0 Å². The van der Waals surface area contributed by atoms with E-state index in [9.17, 15) is 0 Å². The maximum Gasteiger partial charge on any atom is 0.0671 e. The molecule has 0 saturated heterocycles. The van der Waals surface area contributed by atoms with E-state index in [-0.39, 0.29) is 0 Å². The molecule has 0 N–H and O–H groups in total. The summed E-state index contributed by atoms with van der Waals surface area (Å²) >= 11 is 1.94. The molecule has 0 aromatic carbocycles. The summed E-state index contributed by atoms with van der Waals surface area (Å²) in [5, 5.41) is 2.01. The highest BCUT2D eigenvalue weighted by atomic mass is 32.2. The van der Waals surface area contributed by atoms with Crippen LogP contribution in [-0.4, -0.2) is 12.9 Å². The molecular formula is C10H22SSi. The van der Waals surface area contributed by atoms with Crippen molar-refractivity contribution in [2.75, 3.05) is 0 Å². The Morgan fingerprint density at radius 1 is 1.25 bits per heavy atom. The van der Waals surface area contributed by atoms with Gasteiger partial charge in [0.25, 0.3) is 0 Å². The zero-order valence-corrected chi connectivity index (χ0v) is 10.7. The van der Waals surface area contributed by atoms with Crippen molar-refractivity contribution in [1.29, 1.82) is 0 Å². The first kappa shape index (κ1) is 12.3. The molecule has 0 spiro atoms. The first-order valence-corrected chi connectivity index (χ1v) is 8.57. The normalized spacial score (nSPS) is 14.3. The van der Waals surface area contributed by atoms with Gasteiger partial charge in [-0.15, -0.1) is 11.8 Å². The van der Waals surface area contributed by atoms with Crippen LogP contribution in [0.3, 0.4) is 0 Å². The maximum atomic E-state index is 3.80. The lowest BCUT2D eigenvalue weighted by atomic mass is 10.9. The first-order valence-electron chi connectivity index (χ1n) is 4.93. The van der Waals surface area contributed by atoms with Gasteiger partial charge in [0.15, 0.2) is 0 Å². The second kappa shape index (κ2) is 5.87. The minimum Gasteiger partial charge on any atom is -0.135 e. The fourth-order valence-corrected chi connectivity index (χ4v) is 8.36. The lowest BCUT2D eigenvalue weighted by molar-refractivity contribution is 1.09. The van der Waals surface area contributed by atoms with Crippen molar-refractivity contribution in [2.45, 2.75) is 50.7 Å². The van der Waals surface area contributed by atoms with Gasteiger partial charge in [0, 0.05) is 4.87 Å². The van der Waals surface area contributed by atoms with Crippen LogP contribution < -0.4 is 0 Å². The van der Waals surface area contributed by atoms with Crippen LogP contribution in [0, 0.1) is 0 Å². The van der Waals surface area contributed by atoms with Gasteiger partial charge in [0.2, 0.25) is 0 Å². The molecule has 1 atom stereocenters. The summed E-state index contributed by atoms with van der Waals surface area (Å²) in [5.74, 6) is 0. The molecule has 0 aliphatic heterocycles. The second-order valence-corrected chi connectivity index (χ2v) is 10.8. The smallest absolute Gasteiger partial charge is 0.0671 e. The SMILES string of the molecule is C=CSC(C)[Si](CC)(CC)CC. The lowest BCUT2D eigenvalue weighted by Crippen LogP contribution is -2.41. The summed E-state index contributed by atoms with van der Waals surface area (Å²) in [7, 11) is -0.950. The fraction of sp³-hybridized carbons (Fsp3) is 0.800. The Bertz CT molecular complexity index is 122. The van der Waals surface area contributed by atoms with Crippen molar-refractivity contribution < 1.29 is 0 Å². The van der Waals surface area contributed by atoms with Crippen LogP contribution in [0.1, 0.15) is 27.7 Å². The third-order valence-electron chi connectivity index (χ3n) is 3.28. The summed E-state index contributed by atoms with van der Waals surface area (Å²) in [4.78, 5) is 0.843. The van der Waals surface area contributed by atoms with Crippen LogP contribution >= 0.6 is 11.8 Å². The molecule has 0 aliphatic rings. The van der Waals surface area contributed by atoms with Crippen molar-refractivity contribution in [3.8, 4) is 0 Å². The molecule has 72 valence electrons. The number of thioether (sulfide) groups is 1. The Morgan fingerprint density at radius 2 is 1.67 bits per heavy atom. The number of hydrogen-bond acceptors (Lipinski definition) is 1. The van der Waals surface area contributed by atoms with E-state index in [1.165, 1.54) is 18.1 Å². The van der Waals surface area contributed by atoms with Gasteiger partial charge in [-0.2, -0.15) is 0 Å². The van der Waals surface area contributed by atoms with Gasteiger partial charge in [-0.3, -0.25) is 0 Å². The third-order valence-corrected chi connectivity index (χ3v) is 11.7. The van der Waals surface area contributed by atoms with Crippen LogP contribution in [0.25, 0.3) is 0 Å². The van der Waals surface area contributed by atoms with E-state index in [2.05, 4.69) is 34.3 Å². The largest absolute Gasteiger partial charge is 0.135 e. The van der Waals surface area contributed by atoms with Crippen LogP contribution in [-0.2, 0) is 0 Å². The van der Waals surface area contributed by atoms with Gasteiger partial charge >= 0.3 is 0 Å². The topological polar surface area (TPSA) is 0 Å². The summed E-state index contributed by atoms with van der Waals surface area (Å²) in [6, 6.07) is 4.26. The lowest BCUT2D eigenvalue weighted by Gasteiger charge is -2.33. The first-order chi connectivity index (χ1) is 5.66. The standard InChI is InChI=1S/C10H22SSi/c1-6-11-10(5)12(7-2,8-3)9-4/h6,10H,1,7-9H2,2-5H3. The predicted octanol–water partition coefficient (Wildman–Crippen LogP) is 4.30. The maximum absolute atomic E-state index is 3.80. The van der Waals surface area contributed by atoms with Crippen LogP contribution in [0.15, 0.2) is 12.0 Å². The van der Waals surface area contributed by atoms with Crippen molar-refractivity contribution >= 4 is 19.8 Å². The summed E-state index contributed by atoms with van der Waals surface area (Å²) in [6.07, 6.45) is 0. The quantitative estimate of drug-likeness (QED) is 0.579. The Labute approximate surface area is 82.8 Å². The Balaban J connectivity index is 4.34. The van der Waals surface area contributed by atoms with E-state index in [4.69, 9.17) is 0 Å². The molecule has 0 aromatic heterocycles. The van der Waals surface area contributed by atoms with Crippen molar-refractivity contribution in [2.24, 2.45) is 0 Å². The average molecular weight is 202 g/mol. The molecule has 1 unspecified atom stereocenters. The van der Waals surface area contributed by atoms with Crippen LogP contribution in [0.5, 0.6) is 0 Å². The molecule has 0 aliphatic carbocycles. The molecule has 0 fully saturated rings. The van der Waals surface area contributed by atoms with Gasteiger partial charge in [0.05, 0.1) is 8.07 Å². The minimum atomic E-state index is -0.950. The van der Waals surface area contributed by atoms with E-state index < -0.39 is 8.07 Å². The van der Waals surface area contributed by atoms with E-state index in [1.807, 2.05) is 17.2 Å². The molecule has 0 radical (unpaired) electrons. The van der Waals surface area contributed by atoms with Gasteiger partial charge in [-0.25, -0.2) is 0 Å². The van der Waals surface area contributed by atoms with Crippen molar-refractivity contribution in [3.05, 3.63) is 12.0 Å². The number of rotatable bonds is 6. The summed E-state index contributed by atoms with van der Waals surface area (Å²) in [6.45, 7) is 13.3. The molecule has 2 heteroatoms. The average Bonchev–Trinajstić information content (AvgIpc) is 2.09. The molecular weight excluding hydrogens is 180 g/mol.